The Labute approximate surface area is 98.0 Å². The van der Waals surface area contributed by atoms with Crippen molar-refractivity contribution in [3.63, 3.8) is 0 Å². The molecule has 2 rings (SSSR count). The Kier molecular flexibility index (Phi) is 3.10. The second-order valence-corrected chi connectivity index (χ2v) is 5.99. The lowest BCUT2D eigenvalue weighted by molar-refractivity contribution is 0.0823. The number of urea groups is 1. The summed E-state index contributed by atoms with van der Waals surface area (Å²) in [4.78, 5) is 16.3. The van der Waals surface area contributed by atoms with E-state index in [1.165, 1.54) is 0 Å². The molecule has 2 fully saturated rings. The van der Waals surface area contributed by atoms with Gasteiger partial charge in [0.15, 0.2) is 0 Å². The highest BCUT2D eigenvalue weighted by Gasteiger charge is 2.35. The standard InChI is InChI=1S/C12H23N3O/c1-12(2)8-13-11(16)15(9-12)10-4-6-14(3)7-5-10/h10H,4-9H2,1-3H3,(H,13,16). The van der Waals surface area contributed by atoms with E-state index in [9.17, 15) is 4.79 Å². The molecule has 16 heavy (non-hydrogen) atoms. The molecule has 2 saturated heterocycles. The predicted octanol–water partition coefficient (Wildman–Crippen LogP) is 1.13. The van der Waals surface area contributed by atoms with Crippen molar-refractivity contribution in [2.24, 2.45) is 5.41 Å². The fourth-order valence-electron chi connectivity index (χ4n) is 2.61. The lowest BCUT2D eigenvalue weighted by atomic mass is 9.89. The van der Waals surface area contributed by atoms with Crippen LogP contribution in [-0.4, -0.2) is 55.1 Å². The molecule has 0 aromatic rings. The molecule has 4 heteroatoms. The highest BCUT2D eigenvalue weighted by molar-refractivity contribution is 5.75. The number of carbonyl (C=O) groups is 1. The molecule has 0 spiro atoms. The highest BCUT2D eigenvalue weighted by atomic mass is 16.2. The molecule has 0 atom stereocenters. The second kappa shape index (κ2) is 4.24. The molecule has 4 nitrogen and oxygen atoms in total. The van der Waals surface area contributed by atoms with E-state index in [-0.39, 0.29) is 11.4 Å². The van der Waals surface area contributed by atoms with Crippen molar-refractivity contribution < 1.29 is 4.79 Å². The molecule has 0 aromatic carbocycles. The average Bonchev–Trinajstić information content (AvgIpc) is 2.23. The van der Waals surface area contributed by atoms with Gasteiger partial charge in [-0.15, -0.1) is 0 Å². The first-order chi connectivity index (χ1) is 7.48. The zero-order valence-corrected chi connectivity index (χ0v) is 10.6. The van der Waals surface area contributed by atoms with Crippen LogP contribution in [0.25, 0.3) is 0 Å². The van der Waals surface area contributed by atoms with Crippen LogP contribution in [0.3, 0.4) is 0 Å². The number of hydrogen-bond acceptors (Lipinski definition) is 2. The lowest BCUT2D eigenvalue weighted by Gasteiger charge is -2.44. The summed E-state index contributed by atoms with van der Waals surface area (Å²) in [6.07, 6.45) is 2.22. The summed E-state index contributed by atoms with van der Waals surface area (Å²) < 4.78 is 0. The highest BCUT2D eigenvalue weighted by Crippen LogP contribution is 2.25. The monoisotopic (exact) mass is 225 g/mol. The summed E-state index contributed by atoms with van der Waals surface area (Å²) in [5.74, 6) is 0. The lowest BCUT2D eigenvalue weighted by Crippen LogP contribution is -2.59. The normalized spacial score (nSPS) is 27.9. The molecule has 0 unspecified atom stereocenters. The first-order valence-corrected chi connectivity index (χ1v) is 6.21. The minimum Gasteiger partial charge on any atom is -0.337 e. The maximum absolute atomic E-state index is 11.9. The van der Waals surface area contributed by atoms with Crippen molar-refractivity contribution in [1.29, 1.82) is 0 Å². The Hall–Kier alpha value is -0.770. The Morgan fingerprint density at radius 3 is 2.56 bits per heavy atom. The van der Waals surface area contributed by atoms with Crippen molar-refractivity contribution in [2.75, 3.05) is 33.2 Å². The Morgan fingerprint density at radius 1 is 1.31 bits per heavy atom. The molecule has 0 radical (unpaired) electrons. The minimum atomic E-state index is 0.133. The van der Waals surface area contributed by atoms with Gasteiger partial charge in [0.25, 0.3) is 0 Å². The first kappa shape index (κ1) is 11.7. The van der Waals surface area contributed by atoms with Crippen molar-refractivity contribution in [3.05, 3.63) is 0 Å². The molecule has 0 aliphatic carbocycles. The number of piperidine rings is 1. The molecule has 0 bridgehead atoms. The fraction of sp³-hybridized carbons (Fsp3) is 0.917. The number of carbonyl (C=O) groups excluding carboxylic acids is 1. The molecule has 0 saturated carbocycles. The van der Waals surface area contributed by atoms with Crippen molar-refractivity contribution in [3.8, 4) is 0 Å². The topological polar surface area (TPSA) is 35.6 Å². The molecule has 1 N–H and O–H groups in total. The summed E-state index contributed by atoms with van der Waals surface area (Å²) in [5.41, 5.74) is 0.206. The van der Waals surface area contributed by atoms with Crippen LogP contribution >= 0.6 is 0 Å². The number of rotatable bonds is 1. The smallest absolute Gasteiger partial charge is 0.317 e. The number of likely N-dealkylation sites (tertiary alicyclic amines) is 1. The van der Waals surface area contributed by atoms with E-state index in [1.807, 2.05) is 0 Å². The third-order valence-corrected chi connectivity index (χ3v) is 3.71. The van der Waals surface area contributed by atoms with E-state index in [2.05, 4.69) is 36.0 Å². The van der Waals surface area contributed by atoms with E-state index in [1.54, 1.807) is 0 Å². The molecule has 2 aliphatic heterocycles. The Bertz CT molecular complexity index is 269. The Balaban J connectivity index is 1.99. The van der Waals surface area contributed by atoms with Crippen molar-refractivity contribution >= 4 is 6.03 Å². The zero-order valence-electron chi connectivity index (χ0n) is 10.6. The van der Waals surface area contributed by atoms with E-state index in [0.29, 0.717) is 6.04 Å². The fourth-order valence-corrected chi connectivity index (χ4v) is 2.61. The number of nitrogens with zero attached hydrogens (tertiary/aromatic N) is 2. The van der Waals surface area contributed by atoms with Crippen LogP contribution in [0.4, 0.5) is 4.79 Å². The van der Waals surface area contributed by atoms with Gasteiger partial charge in [-0.05, 0) is 38.4 Å². The molecule has 2 heterocycles. The van der Waals surface area contributed by atoms with Crippen molar-refractivity contribution in [2.45, 2.75) is 32.7 Å². The molecular formula is C12H23N3O. The number of nitrogens with one attached hydrogen (secondary N) is 1. The second-order valence-electron chi connectivity index (χ2n) is 5.99. The van der Waals surface area contributed by atoms with Gasteiger partial charge in [0, 0.05) is 19.1 Å². The average molecular weight is 225 g/mol. The third-order valence-electron chi connectivity index (χ3n) is 3.71. The van der Waals surface area contributed by atoms with Gasteiger partial charge in [-0.3, -0.25) is 0 Å². The summed E-state index contributed by atoms with van der Waals surface area (Å²) in [5, 5.41) is 3.00. The van der Waals surface area contributed by atoms with Crippen LogP contribution in [0.1, 0.15) is 26.7 Å². The van der Waals surface area contributed by atoms with Crippen LogP contribution < -0.4 is 5.32 Å². The van der Waals surface area contributed by atoms with Gasteiger partial charge in [0.2, 0.25) is 0 Å². The SMILES string of the molecule is CN1CCC(N2CC(C)(C)CNC2=O)CC1. The van der Waals surface area contributed by atoms with Crippen LogP contribution in [0, 0.1) is 5.41 Å². The van der Waals surface area contributed by atoms with Gasteiger partial charge in [-0.25, -0.2) is 4.79 Å². The molecule has 2 aliphatic rings. The van der Waals surface area contributed by atoms with Gasteiger partial charge >= 0.3 is 6.03 Å². The quantitative estimate of drug-likeness (QED) is 0.726. The van der Waals surface area contributed by atoms with E-state index in [0.717, 1.165) is 39.0 Å². The van der Waals surface area contributed by atoms with Crippen molar-refractivity contribution in [1.82, 2.24) is 15.1 Å². The number of amides is 2. The minimum absolute atomic E-state index is 0.133. The zero-order chi connectivity index (χ0) is 11.8. The summed E-state index contributed by atoms with van der Waals surface area (Å²) in [6, 6.07) is 0.574. The van der Waals surface area contributed by atoms with E-state index < -0.39 is 0 Å². The maximum Gasteiger partial charge on any atom is 0.317 e. The summed E-state index contributed by atoms with van der Waals surface area (Å²) >= 11 is 0. The molecule has 0 aromatic heterocycles. The van der Waals surface area contributed by atoms with Gasteiger partial charge in [-0.2, -0.15) is 0 Å². The Morgan fingerprint density at radius 2 is 1.94 bits per heavy atom. The number of hydrogen-bond donors (Lipinski definition) is 1. The molecule has 2 amide bonds. The molecular weight excluding hydrogens is 202 g/mol. The summed E-state index contributed by atoms with van der Waals surface area (Å²) in [7, 11) is 2.15. The van der Waals surface area contributed by atoms with Gasteiger partial charge in [0.05, 0.1) is 0 Å². The van der Waals surface area contributed by atoms with Gasteiger partial charge < -0.3 is 15.1 Å². The first-order valence-electron chi connectivity index (χ1n) is 6.21. The third kappa shape index (κ3) is 2.48. The maximum atomic E-state index is 11.9. The predicted molar refractivity (Wildman–Crippen MR) is 64.4 cm³/mol. The van der Waals surface area contributed by atoms with E-state index >= 15 is 0 Å². The van der Waals surface area contributed by atoms with Crippen LogP contribution in [0.15, 0.2) is 0 Å². The van der Waals surface area contributed by atoms with Crippen LogP contribution in [0.2, 0.25) is 0 Å². The van der Waals surface area contributed by atoms with E-state index in [4.69, 9.17) is 0 Å². The largest absolute Gasteiger partial charge is 0.337 e. The van der Waals surface area contributed by atoms with Gasteiger partial charge in [0.1, 0.15) is 0 Å². The van der Waals surface area contributed by atoms with Crippen LogP contribution in [0.5, 0.6) is 0 Å². The van der Waals surface area contributed by atoms with Gasteiger partial charge in [-0.1, -0.05) is 13.8 Å². The van der Waals surface area contributed by atoms with Crippen LogP contribution in [-0.2, 0) is 0 Å². The summed E-state index contributed by atoms with van der Waals surface area (Å²) in [6.45, 7) is 8.34. The molecule has 92 valence electrons.